The number of sulfone groups is 1. The fourth-order valence-electron chi connectivity index (χ4n) is 8.24. The summed E-state index contributed by atoms with van der Waals surface area (Å²) < 4.78 is 65.2. The Hall–Kier alpha value is -5.69. The molecule has 62 heavy (non-hydrogen) atoms. The molecule has 0 unspecified atom stereocenters. The number of anilines is 2. The summed E-state index contributed by atoms with van der Waals surface area (Å²) in [5.41, 5.74) is 4.70. The maximum absolute atomic E-state index is 13.9. The van der Waals surface area contributed by atoms with Gasteiger partial charge in [-0.1, -0.05) is 43.2 Å². The number of carbonyl (C=O) groups is 1. The summed E-state index contributed by atoms with van der Waals surface area (Å²) >= 11 is 6.23. The number of piperazine rings is 1. The van der Waals surface area contributed by atoms with E-state index in [4.69, 9.17) is 21.1 Å². The number of ether oxygens (including phenoxy) is 2. The van der Waals surface area contributed by atoms with Crippen LogP contribution in [0.15, 0.2) is 89.6 Å². The molecule has 4 heterocycles. The third kappa shape index (κ3) is 9.67. The lowest BCUT2D eigenvalue weighted by Gasteiger charge is -2.39. The van der Waals surface area contributed by atoms with E-state index in [1.54, 1.807) is 24.4 Å². The Balaban J connectivity index is 1.03. The summed E-state index contributed by atoms with van der Waals surface area (Å²) in [5, 5.41) is 16.4. The zero-order valence-corrected chi connectivity index (χ0v) is 36.7. The largest absolute Gasteiger partial charge is 0.489 e. The Labute approximate surface area is 364 Å². The number of nitro benzene ring substituents is 1. The highest BCUT2D eigenvalue weighted by molar-refractivity contribution is 7.90. The lowest BCUT2D eigenvalue weighted by atomic mass is 9.72. The van der Waals surface area contributed by atoms with Crippen molar-refractivity contribution >= 4 is 71.0 Å². The van der Waals surface area contributed by atoms with Crippen LogP contribution in [0.5, 0.6) is 17.2 Å². The molecule has 16 nitrogen and oxygen atoms in total. The average molecular weight is 904 g/mol. The molecule has 3 aromatic carbocycles. The van der Waals surface area contributed by atoms with E-state index in [9.17, 15) is 31.7 Å². The summed E-state index contributed by atoms with van der Waals surface area (Å²) in [6.07, 6.45) is 7.38. The maximum atomic E-state index is 13.9. The number of nitrogens with one attached hydrogen (secondary N) is 3. The Kier molecular flexibility index (Phi) is 11.7. The molecule has 0 spiro atoms. The summed E-state index contributed by atoms with van der Waals surface area (Å²) in [7, 11) is -8.21. The van der Waals surface area contributed by atoms with Crippen LogP contribution in [-0.4, -0.2) is 99.9 Å². The topological polar surface area (TPSA) is 206 Å². The highest BCUT2D eigenvalue weighted by Gasteiger charge is 2.34. The number of fused-ring (bicyclic) bond motifs is 2. The number of H-pyrrole nitrogens is 1. The number of sulfonamides is 1. The first-order chi connectivity index (χ1) is 29.4. The SMILES string of the molecule is CC1(C)CCC(CN2CCN(c3ccc(C(=O)NS(=O)(=O)c4cc5c(c([N+](=O)[O-])c4)N[C@@H](CS(C)(=O)=O)CO5)c(Oc4cnc5[nH]ccc5c4)c3)CC2)=C(c2ccc(Cl)cc2)C1. The molecule has 1 fully saturated rings. The van der Waals surface area contributed by atoms with Crippen molar-refractivity contribution in [2.75, 3.05) is 61.6 Å². The highest BCUT2D eigenvalue weighted by atomic mass is 35.5. The Morgan fingerprint density at radius 1 is 1.05 bits per heavy atom. The second-order valence-electron chi connectivity index (χ2n) is 16.8. The number of nitrogens with zero attached hydrogens (tertiary/aromatic N) is 4. The molecule has 8 rings (SSSR count). The average Bonchev–Trinajstić information content (AvgIpc) is 3.69. The molecular weight excluding hydrogens is 858 g/mol. The minimum absolute atomic E-state index is 0.0674. The molecule has 1 amide bonds. The van der Waals surface area contributed by atoms with Gasteiger partial charge in [0.15, 0.2) is 11.4 Å². The second-order valence-corrected chi connectivity index (χ2v) is 21.1. The van der Waals surface area contributed by atoms with Crippen LogP contribution in [0.1, 0.15) is 49.0 Å². The van der Waals surface area contributed by atoms with E-state index < -0.39 is 47.3 Å². The van der Waals surface area contributed by atoms with E-state index in [1.807, 2.05) is 22.9 Å². The van der Waals surface area contributed by atoms with E-state index in [0.717, 1.165) is 68.4 Å². The predicted molar refractivity (Wildman–Crippen MR) is 238 cm³/mol. The lowest BCUT2D eigenvalue weighted by Crippen LogP contribution is -2.47. The van der Waals surface area contributed by atoms with Crippen molar-refractivity contribution in [3.05, 3.63) is 111 Å². The Morgan fingerprint density at radius 2 is 1.81 bits per heavy atom. The fourth-order valence-corrected chi connectivity index (χ4v) is 10.3. The van der Waals surface area contributed by atoms with Crippen LogP contribution >= 0.6 is 11.6 Å². The quantitative estimate of drug-likeness (QED) is 0.0850. The number of amides is 1. The molecule has 1 saturated heterocycles. The Bertz CT molecular complexity index is 2820. The maximum Gasteiger partial charge on any atom is 0.297 e. The monoisotopic (exact) mass is 903 g/mol. The van der Waals surface area contributed by atoms with Gasteiger partial charge in [0.05, 0.1) is 33.4 Å². The van der Waals surface area contributed by atoms with Crippen molar-refractivity contribution in [2.24, 2.45) is 5.41 Å². The van der Waals surface area contributed by atoms with Gasteiger partial charge in [-0.05, 0) is 72.2 Å². The number of aromatic amines is 1. The van der Waals surface area contributed by atoms with Gasteiger partial charge in [-0.2, -0.15) is 0 Å². The van der Waals surface area contributed by atoms with Gasteiger partial charge in [0.1, 0.15) is 33.6 Å². The fraction of sp³-hybridized carbons (Fsp3) is 0.349. The van der Waals surface area contributed by atoms with Gasteiger partial charge in [0.25, 0.3) is 21.6 Å². The summed E-state index contributed by atoms with van der Waals surface area (Å²) in [6, 6.07) is 17.6. The van der Waals surface area contributed by atoms with Gasteiger partial charge in [0.2, 0.25) is 0 Å². The van der Waals surface area contributed by atoms with Gasteiger partial charge in [-0.3, -0.25) is 19.8 Å². The zero-order valence-electron chi connectivity index (χ0n) is 34.3. The van der Waals surface area contributed by atoms with E-state index in [-0.39, 0.29) is 40.5 Å². The minimum atomic E-state index is -4.73. The normalized spacial score (nSPS) is 18.1. The van der Waals surface area contributed by atoms with Crippen molar-refractivity contribution in [1.29, 1.82) is 0 Å². The van der Waals surface area contributed by atoms with Crippen LogP contribution in [-0.2, 0) is 19.9 Å². The second kappa shape index (κ2) is 16.9. The molecule has 1 atom stereocenters. The summed E-state index contributed by atoms with van der Waals surface area (Å²) in [5.74, 6) is -1.21. The number of hydrogen-bond donors (Lipinski definition) is 3. The third-order valence-electron chi connectivity index (χ3n) is 11.4. The highest BCUT2D eigenvalue weighted by Crippen LogP contribution is 2.44. The molecular formula is C43H46ClN7O9S2. The first-order valence-electron chi connectivity index (χ1n) is 20.1. The molecule has 1 aliphatic carbocycles. The molecule has 0 bridgehead atoms. The Morgan fingerprint density at radius 3 is 2.53 bits per heavy atom. The van der Waals surface area contributed by atoms with Crippen molar-refractivity contribution in [3.63, 3.8) is 0 Å². The van der Waals surface area contributed by atoms with Crippen LogP contribution in [0.3, 0.4) is 0 Å². The van der Waals surface area contributed by atoms with Gasteiger partial charge in [-0.15, -0.1) is 0 Å². The van der Waals surface area contributed by atoms with E-state index in [0.29, 0.717) is 29.5 Å². The van der Waals surface area contributed by atoms with Gasteiger partial charge in [-0.25, -0.2) is 26.5 Å². The minimum Gasteiger partial charge on any atom is -0.489 e. The van der Waals surface area contributed by atoms with Gasteiger partial charge >= 0.3 is 0 Å². The number of benzene rings is 3. The number of rotatable bonds is 12. The molecule has 0 saturated carbocycles. The number of carbonyl (C=O) groups excluding carboxylic acids is 1. The van der Waals surface area contributed by atoms with E-state index >= 15 is 0 Å². The third-order valence-corrected chi connectivity index (χ3v) is 14.0. The number of halogens is 1. The number of aromatic nitrogens is 2. The van der Waals surface area contributed by atoms with Crippen molar-refractivity contribution in [2.45, 2.75) is 44.0 Å². The molecule has 3 N–H and O–H groups in total. The van der Waals surface area contributed by atoms with Crippen molar-refractivity contribution in [3.8, 4) is 17.2 Å². The predicted octanol–water partition coefficient (Wildman–Crippen LogP) is 7.04. The van der Waals surface area contributed by atoms with Crippen LogP contribution in [0.25, 0.3) is 16.6 Å². The number of nitro groups is 1. The first kappa shape index (κ1) is 43.0. The zero-order chi connectivity index (χ0) is 44.0. The number of pyridine rings is 1. The van der Waals surface area contributed by atoms with Crippen molar-refractivity contribution < 1.29 is 36.0 Å². The molecule has 19 heteroatoms. The van der Waals surface area contributed by atoms with Crippen molar-refractivity contribution in [1.82, 2.24) is 19.6 Å². The van der Waals surface area contributed by atoms with Crippen LogP contribution < -0.4 is 24.4 Å². The van der Waals surface area contributed by atoms with Crippen LogP contribution in [0.2, 0.25) is 5.02 Å². The molecule has 326 valence electrons. The summed E-state index contributed by atoms with van der Waals surface area (Å²) in [4.78, 5) is 36.7. The smallest absolute Gasteiger partial charge is 0.297 e. The van der Waals surface area contributed by atoms with Crippen LogP contribution in [0, 0.1) is 15.5 Å². The van der Waals surface area contributed by atoms with Crippen LogP contribution in [0.4, 0.5) is 17.1 Å². The van der Waals surface area contributed by atoms with E-state index in [1.165, 1.54) is 29.0 Å². The molecule has 0 radical (unpaired) electrons. The van der Waals surface area contributed by atoms with Gasteiger partial charge < -0.3 is 24.7 Å². The van der Waals surface area contributed by atoms with E-state index in [2.05, 4.69) is 51.1 Å². The molecule has 3 aliphatic rings. The summed E-state index contributed by atoms with van der Waals surface area (Å²) in [6.45, 7) is 8.25. The molecule has 2 aromatic heterocycles. The number of hydrogen-bond acceptors (Lipinski definition) is 13. The standard InChI is InChI=1S/C43H46ClN7O9S2/c1-43(2)12-10-29(36(22-43)27-4-6-30(44)7-5-27)24-49-14-16-50(17-15-49)32-8-9-35(38(19-32)60-33-18-28-11-13-45-41(28)46-23-33)42(52)48-62(57,58)34-20-37(51(53)54)40-39(21-34)59-25-31(47-40)26-61(3,55)56/h4-9,11,13,18-21,23,31,47H,10,12,14-17,22,24-26H2,1-3H3,(H,45,46)(H,48,52)/t31-/m1/s1. The number of allylic oxidation sites excluding steroid dienone is 1. The lowest BCUT2D eigenvalue weighted by molar-refractivity contribution is -0.384. The molecule has 2 aliphatic heterocycles. The van der Waals surface area contributed by atoms with Gasteiger partial charge in [0, 0.05) is 79.5 Å². The molecule has 5 aromatic rings. The first-order valence-corrected chi connectivity index (χ1v) is 24.0.